The molecule has 1 saturated carbocycles. The minimum absolute atomic E-state index is 0.209. The van der Waals surface area contributed by atoms with Gasteiger partial charge in [-0.3, -0.25) is 4.79 Å². The standard InChI is InChI=1S/C15H18Br2FNO/c1-10-3-2-4-15(8-10,9-16)19-14(20)11-5-12(17)7-13(18)6-11/h5-7,10H,2-4,8-9H2,1H3,(H,19,20). The van der Waals surface area contributed by atoms with Crippen LogP contribution in [-0.4, -0.2) is 16.8 Å². The topological polar surface area (TPSA) is 29.1 Å². The summed E-state index contributed by atoms with van der Waals surface area (Å²) in [6, 6.07) is 4.26. The average Bonchev–Trinajstić information content (AvgIpc) is 2.37. The van der Waals surface area contributed by atoms with Crippen molar-refractivity contribution in [3.05, 3.63) is 34.1 Å². The molecular formula is C15H18Br2FNO. The first-order valence-corrected chi connectivity index (χ1v) is 8.70. The maximum absolute atomic E-state index is 13.4. The van der Waals surface area contributed by atoms with Crippen LogP contribution in [0.5, 0.6) is 0 Å². The molecule has 2 nitrogen and oxygen atoms in total. The zero-order chi connectivity index (χ0) is 14.8. The monoisotopic (exact) mass is 405 g/mol. The summed E-state index contributed by atoms with van der Waals surface area (Å²) in [5, 5.41) is 3.84. The van der Waals surface area contributed by atoms with Crippen LogP contribution in [-0.2, 0) is 0 Å². The van der Waals surface area contributed by atoms with Crippen LogP contribution in [0.2, 0.25) is 0 Å². The molecule has 1 fully saturated rings. The molecule has 2 rings (SSSR count). The SMILES string of the molecule is CC1CCCC(CBr)(NC(=O)c2cc(F)cc(Br)c2)C1. The van der Waals surface area contributed by atoms with Gasteiger partial charge in [-0.25, -0.2) is 4.39 Å². The van der Waals surface area contributed by atoms with Gasteiger partial charge in [-0.15, -0.1) is 0 Å². The number of hydrogen-bond donors (Lipinski definition) is 1. The summed E-state index contributed by atoms with van der Waals surface area (Å²) in [5.74, 6) is -0.0194. The largest absolute Gasteiger partial charge is 0.346 e. The highest BCUT2D eigenvalue weighted by Crippen LogP contribution is 2.34. The van der Waals surface area contributed by atoms with E-state index < -0.39 is 5.82 Å². The second-order valence-corrected chi connectivity index (χ2v) is 7.20. The molecule has 0 aromatic heterocycles. The molecule has 1 aromatic carbocycles. The number of rotatable bonds is 3. The molecule has 1 aromatic rings. The molecule has 2 unspecified atom stereocenters. The summed E-state index contributed by atoms with van der Waals surface area (Å²) in [5.41, 5.74) is 0.142. The third-order valence-corrected chi connectivity index (χ3v) is 5.38. The van der Waals surface area contributed by atoms with E-state index in [1.165, 1.54) is 18.6 Å². The van der Waals surface area contributed by atoms with Crippen LogP contribution >= 0.6 is 31.9 Å². The molecule has 20 heavy (non-hydrogen) atoms. The quantitative estimate of drug-likeness (QED) is 0.726. The number of carbonyl (C=O) groups excluding carboxylic acids is 1. The summed E-state index contributed by atoms with van der Waals surface area (Å²) in [6.45, 7) is 2.21. The Balaban J connectivity index is 2.16. The Morgan fingerprint density at radius 3 is 2.85 bits per heavy atom. The Kier molecular flexibility index (Phi) is 5.24. The van der Waals surface area contributed by atoms with Crippen LogP contribution in [0.1, 0.15) is 43.0 Å². The highest BCUT2D eigenvalue weighted by molar-refractivity contribution is 9.10. The lowest BCUT2D eigenvalue weighted by Crippen LogP contribution is -2.52. The Morgan fingerprint density at radius 2 is 2.25 bits per heavy atom. The molecule has 5 heteroatoms. The number of amides is 1. The number of hydrogen-bond acceptors (Lipinski definition) is 1. The van der Waals surface area contributed by atoms with Gasteiger partial charge in [0.1, 0.15) is 5.82 Å². The first-order valence-electron chi connectivity index (χ1n) is 6.79. The van der Waals surface area contributed by atoms with Crippen molar-refractivity contribution in [2.24, 2.45) is 5.92 Å². The van der Waals surface area contributed by atoms with Gasteiger partial charge in [0.15, 0.2) is 0 Å². The minimum atomic E-state index is -0.408. The fourth-order valence-corrected chi connectivity index (χ4v) is 4.04. The summed E-state index contributed by atoms with van der Waals surface area (Å²) in [4.78, 5) is 12.4. The summed E-state index contributed by atoms with van der Waals surface area (Å²) in [6.07, 6.45) is 4.24. The molecule has 0 bridgehead atoms. The summed E-state index contributed by atoms with van der Waals surface area (Å²) >= 11 is 6.74. The van der Waals surface area contributed by atoms with Gasteiger partial charge in [-0.2, -0.15) is 0 Å². The third-order valence-electron chi connectivity index (χ3n) is 3.85. The molecule has 0 spiro atoms. The van der Waals surface area contributed by atoms with E-state index in [-0.39, 0.29) is 11.4 Å². The van der Waals surface area contributed by atoms with E-state index in [1.54, 1.807) is 6.07 Å². The number of carbonyl (C=O) groups is 1. The maximum atomic E-state index is 13.4. The fraction of sp³-hybridized carbons (Fsp3) is 0.533. The first kappa shape index (κ1) is 16.0. The van der Waals surface area contributed by atoms with Crippen LogP contribution in [0.15, 0.2) is 22.7 Å². The van der Waals surface area contributed by atoms with Gasteiger partial charge < -0.3 is 5.32 Å². The van der Waals surface area contributed by atoms with Crippen molar-refractivity contribution < 1.29 is 9.18 Å². The molecule has 0 aliphatic heterocycles. The molecule has 0 radical (unpaired) electrons. The predicted octanol–water partition coefficient (Wildman–Crippen LogP) is 4.66. The smallest absolute Gasteiger partial charge is 0.251 e. The van der Waals surface area contributed by atoms with Crippen molar-refractivity contribution in [2.75, 3.05) is 5.33 Å². The van der Waals surface area contributed by atoms with Crippen LogP contribution in [0.4, 0.5) is 4.39 Å². The summed E-state index contributed by atoms with van der Waals surface area (Å²) < 4.78 is 14.0. The van der Waals surface area contributed by atoms with Crippen LogP contribution in [0.25, 0.3) is 0 Å². The van der Waals surface area contributed by atoms with Crippen LogP contribution < -0.4 is 5.32 Å². The van der Waals surface area contributed by atoms with Gasteiger partial charge >= 0.3 is 0 Å². The van der Waals surface area contributed by atoms with Gasteiger partial charge in [0.25, 0.3) is 5.91 Å². The molecule has 110 valence electrons. The van der Waals surface area contributed by atoms with E-state index >= 15 is 0 Å². The Bertz CT molecular complexity index is 488. The molecule has 0 heterocycles. The Hall–Kier alpha value is -0.420. The lowest BCUT2D eigenvalue weighted by molar-refractivity contribution is 0.0869. The second kappa shape index (κ2) is 6.56. The van der Waals surface area contributed by atoms with Gasteiger partial charge in [0.05, 0.1) is 5.54 Å². The number of halogens is 3. The molecule has 2 atom stereocenters. The van der Waals surface area contributed by atoms with Crippen molar-refractivity contribution in [3.63, 3.8) is 0 Å². The third kappa shape index (κ3) is 3.82. The maximum Gasteiger partial charge on any atom is 0.251 e. The second-order valence-electron chi connectivity index (χ2n) is 5.73. The van der Waals surface area contributed by atoms with Crippen molar-refractivity contribution in [1.29, 1.82) is 0 Å². The predicted molar refractivity (Wildman–Crippen MR) is 85.7 cm³/mol. The van der Waals surface area contributed by atoms with E-state index in [0.29, 0.717) is 16.0 Å². The van der Waals surface area contributed by atoms with Crippen molar-refractivity contribution in [1.82, 2.24) is 5.32 Å². The molecular weight excluding hydrogens is 389 g/mol. The van der Waals surface area contributed by atoms with Gasteiger partial charge in [-0.05, 0) is 37.0 Å². The van der Waals surface area contributed by atoms with Crippen molar-refractivity contribution >= 4 is 37.8 Å². The van der Waals surface area contributed by atoms with E-state index in [9.17, 15) is 9.18 Å². The molecule has 1 aliphatic rings. The van der Waals surface area contributed by atoms with Crippen molar-refractivity contribution in [2.45, 2.75) is 38.1 Å². The number of nitrogens with one attached hydrogen (secondary N) is 1. The van der Waals surface area contributed by atoms with Gasteiger partial charge in [-0.1, -0.05) is 51.6 Å². The normalized spacial score (nSPS) is 26.3. The van der Waals surface area contributed by atoms with E-state index in [4.69, 9.17) is 0 Å². The van der Waals surface area contributed by atoms with Crippen molar-refractivity contribution in [3.8, 4) is 0 Å². The molecule has 1 N–H and O–H groups in total. The molecule has 1 amide bonds. The average molecular weight is 407 g/mol. The van der Waals surface area contributed by atoms with Crippen LogP contribution in [0.3, 0.4) is 0 Å². The zero-order valence-electron chi connectivity index (χ0n) is 11.4. The number of benzene rings is 1. The molecule has 0 saturated heterocycles. The van der Waals surface area contributed by atoms with Gasteiger partial charge in [0, 0.05) is 15.4 Å². The number of alkyl halides is 1. The molecule has 1 aliphatic carbocycles. The summed E-state index contributed by atoms with van der Waals surface area (Å²) in [7, 11) is 0. The Morgan fingerprint density at radius 1 is 1.50 bits per heavy atom. The van der Waals surface area contributed by atoms with E-state index in [2.05, 4.69) is 44.1 Å². The van der Waals surface area contributed by atoms with E-state index in [1.807, 2.05) is 0 Å². The highest BCUT2D eigenvalue weighted by atomic mass is 79.9. The zero-order valence-corrected chi connectivity index (χ0v) is 14.6. The fourth-order valence-electron chi connectivity index (χ4n) is 2.93. The first-order chi connectivity index (χ1) is 9.44. The Labute approximate surface area is 135 Å². The lowest BCUT2D eigenvalue weighted by atomic mass is 9.77. The highest BCUT2D eigenvalue weighted by Gasteiger charge is 2.35. The van der Waals surface area contributed by atoms with Crippen LogP contribution in [0, 0.1) is 11.7 Å². The van der Waals surface area contributed by atoms with E-state index in [0.717, 1.165) is 24.6 Å². The van der Waals surface area contributed by atoms with Gasteiger partial charge in [0.2, 0.25) is 0 Å². The lowest BCUT2D eigenvalue weighted by Gasteiger charge is -2.39. The minimum Gasteiger partial charge on any atom is -0.346 e.